The summed E-state index contributed by atoms with van der Waals surface area (Å²) in [7, 11) is -0.547. The number of benzene rings is 1. The molecule has 0 unspecified atom stereocenters. The first kappa shape index (κ1) is 17.2. The molecule has 124 valence electrons. The molecule has 0 aliphatic rings. The van der Waals surface area contributed by atoms with Crippen molar-refractivity contribution in [3.05, 3.63) is 47.4 Å². The van der Waals surface area contributed by atoms with Crippen molar-refractivity contribution in [2.45, 2.75) is 18.4 Å². The fourth-order valence-electron chi connectivity index (χ4n) is 1.85. The third-order valence-corrected chi connectivity index (χ3v) is 4.38. The van der Waals surface area contributed by atoms with Crippen molar-refractivity contribution in [2.75, 3.05) is 19.0 Å². The topological polar surface area (TPSA) is 75.2 Å². The Labute approximate surface area is 133 Å². The maximum Gasteiger partial charge on any atom is 0.243 e. The van der Waals surface area contributed by atoms with Gasteiger partial charge in [-0.25, -0.2) is 31.9 Å². The molecule has 2 rings (SSSR count). The highest BCUT2D eigenvalue weighted by Crippen LogP contribution is 2.16. The van der Waals surface area contributed by atoms with Crippen LogP contribution in [-0.4, -0.2) is 32.5 Å². The van der Waals surface area contributed by atoms with Crippen LogP contribution in [0.1, 0.15) is 11.5 Å². The predicted octanol–water partition coefficient (Wildman–Crippen LogP) is 1.61. The number of aryl methyl sites for hydroxylation is 1. The van der Waals surface area contributed by atoms with E-state index in [0.717, 1.165) is 12.1 Å². The van der Waals surface area contributed by atoms with Crippen LogP contribution in [0, 0.1) is 18.6 Å². The normalized spacial score (nSPS) is 11.5. The number of rotatable bonds is 5. The summed E-state index contributed by atoms with van der Waals surface area (Å²) in [5.41, 5.74) is 0.672. The number of nitrogens with zero attached hydrogens (tertiary/aromatic N) is 3. The van der Waals surface area contributed by atoms with E-state index in [0.29, 0.717) is 17.6 Å². The van der Waals surface area contributed by atoms with E-state index in [1.165, 1.54) is 0 Å². The van der Waals surface area contributed by atoms with Crippen molar-refractivity contribution in [1.82, 2.24) is 14.7 Å². The van der Waals surface area contributed by atoms with E-state index in [2.05, 4.69) is 14.7 Å². The largest absolute Gasteiger partial charge is 0.363 e. The van der Waals surface area contributed by atoms with Crippen LogP contribution in [0.4, 0.5) is 14.6 Å². The van der Waals surface area contributed by atoms with Crippen LogP contribution < -0.4 is 9.62 Å². The Bertz CT molecular complexity index is 826. The van der Waals surface area contributed by atoms with Gasteiger partial charge >= 0.3 is 0 Å². The van der Waals surface area contributed by atoms with Gasteiger partial charge in [0.15, 0.2) is 0 Å². The molecule has 0 aliphatic carbocycles. The highest BCUT2D eigenvalue weighted by molar-refractivity contribution is 7.89. The van der Waals surface area contributed by atoms with Gasteiger partial charge in [-0.1, -0.05) is 0 Å². The average molecular weight is 342 g/mol. The standard InChI is InChI=1S/C14H16F2N4O2S/c1-9-6-14(20(2)3)19-13(18-9)8-17-23(21,22)12-5-4-10(15)7-11(12)16/h4-7,17H,8H2,1-3H3. The second kappa shape index (κ2) is 6.55. The van der Waals surface area contributed by atoms with Gasteiger partial charge in [0.25, 0.3) is 0 Å². The maximum absolute atomic E-state index is 13.6. The van der Waals surface area contributed by atoms with E-state index >= 15 is 0 Å². The second-order valence-electron chi connectivity index (χ2n) is 5.08. The Balaban J connectivity index is 2.22. The van der Waals surface area contributed by atoms with Crippen molar-refractivity contribution in [3.63, 3.8) is 0 Å². The number of hydrogen-bond acceptors (Lipinski definition) is 5. The molecule has 9 heteroatoms. The first-order valence-corrected chi connectivity index (χ1v) is 8.14. The molecule has 2 aromatic rings. The van der Waals surface area contributed by atoms with E-state index < -0.39 is 26.6 Å². The molecule has 1 N–H and O–H groups in total. The number of sulfonamides is 1. The first-order chi connectivity index (χ1) is 10.7. The summed E-state index contributed by atoms with van der Waals surface area (Å²) in [6.07, 6.45) is 0. The molecule has 0 saturated carbocycles. The summed E-state index contributed by atoms with van der Waals surface area (Å²) < 4.78 is 52.9. The van der Waals surface area contributed by atoms with Gasteiger partial charge in [-0.2, -0.15) is 0 Å². The maximum atomic E-state index is 13.6. The molecular formula is C14H16F2N4O2S. The molecule has 6 nitrogen and oxygen atoms in total. The predicted molar refractivity (Wildman–Crippen MR) is 81.5 cm³/mol. The lowest BCUT2D eigenvalue weighted by molar-refractivity contribution is 0.542. The zero-order valence-corrected chi connectivity index (χ0v) is 13.7. The quantitative estimate of drug-likeness (QED) is 0.893. The van der Waals surface area contributed by atoms with E-state index in [1.54, 1.807) is 32.0 Å². The van der Waals surface area contributed by atoms with Crippen LogP contribution in [-0.2, 0) is 16.6 Å². The lowest BCUT2D eigenvalue weighted by Gasteiger charge is -2.13. The van der Waals surface area contributed by atoms with Crippen molar-refractivity contribution in [1.29, 1.82) is 0 Å². The Hall–Kier alpha value is -2.13. The van der Waals surface area contributed by atoms with Gasteiger partial charge in [0.2, 0.25) is 10.0 Å². The lowest BCUT2D eigenvalue weighted by atomic mass is 10.3. The van der Waals surface area contributed by atoms with Gasteiger partial charge in [0.1, 0.15) is 28.2 Å². The Morgan fingerprint density at radius 1 is 1.17 bits per heavy atom. The van der Waals surface area contributed by atoms with Gasteiger partial charge in [-0.05, 0) is 19.1 Å². The van der Waals surface area contributed by atoms with Crippen LogP contribution in [0.2, 0.25) is 0 Å². The summed E-state index contributed by atoms with van der Waals surface area (Å²) in [6, 6.07) is 4.01. The third kappa shape index (κ3) is 4.20. The van der Waals surface area contributed by atoms with Crippen molar-refractivity contribution in [2.24, 2.45) is 0 Å². The minimum absolute atomic E-state index is 0.207. The van der Waals surface area contributed by atoms with Crippen molar-refractivity contribution in [3.8, 4) is 0 Å². The molecule has 0 bridgehead atoms. The van der Waals surface area contributed by atoms with Crippen molar-refractivity contribution >= 4 is 15.8 Å². The fourth-order valence-corrected chi connectivity index (χ4v) is 2.89. The molecule has 1 heterocycles. The number of halogens is 2. The van der Waals surface area contributed by atoms with Crippen LogP contribution >= 0.6 is 0 Å². The molecule has 0 atom stereocenters. The Morgan fingerprint density at radius 3 is 2.48 bits per heavy atom. The monoisotopic (exact) mass is 342 g/mol. The minimum atomic E-state index is -4.14. The van der Waals surface area contributed by atoms with Crippen LogP contribution in [0.3, 0.4) is 0 Å². The third-order valence-electron chi connectivity index (χ3n) is 2.95. The van der Waals surface area contributed by atoms with E-state index in [4.69, 9.17) is 0 Å². The Morgan fingerprint density at radius 2 is 1.87 bits per heavy atom. The molecular weight excluding hydrogens is 326 g/mol. The molecule has 0 amide bonds. The zero-order chi connectivity index (χ0) is 17.2. The number of aromatic nitrogens is 2. The summed E-state index contributed by atoms with van der Waals surface area (Å²) in [5.74, 6) is -1.13. The fraction of sp³-hybridized carbons (Fsp3) is 0.286. The van der Waals surface area contributed by atoms with E-state index in [1.807, 2.05) is 0 Å². The van der Waals surface area contributed by atoms with Crippen molar-refractivity contribution < 1.29 is 17.2 Å². The summed E-state index contributed by atoms with van der Waals surface area (Å²) >= 11 is 0. The minimum Gasteiger partial charge on any atom is -0.363 e. The summed E-state index contributed by atoms with van der Waals surface area (Å²) in [6.45, 7) is 1.55. The number of nitrogens with one attached hydrogen (secondary N) is 1. The molecule has 0 saturated heterocycles. The highest BCUT2D eigenvalue weighted by atomic mass is 32.2. The first-order valence-electron chi connectivity index (χ1n) is 6.65. The molecule has 0 aliphatic heterocycles. The van der Waals surface area contributed by atoms with E-state index in [-0.39, 0.29) is 12.4 Å². The molecule has 1 aromatic carbocycles. The SMILES string of the molecule is Cc1cc(N(C)C)nc(CNS(=O)(=O)c2ccc(F)cc2F)n1. The van der Waals surface area contributed by atoms with Gasteiger partial charge in [0.05, 0.1) is 6.54 Å². The highest BCUT2D eigenvalue weighted by Gasteiger charge is 2.20. The smallest absolute Gasteiger partial charge is 0.243 e. The van der Waals surface area contributed by atoms with Gasteiger partial charge in [-0.15, -0.1) is 0 Å². The van der Waals surface area contributed by atoms with Gasteiger partial charge in [-0.3, -0.25) is 0 Å². The summed E-state index contributed by atoms with van der Waals surface area (Å²) in [4.78, 5) is 9.46. The van der Waals surface area contributed by atoms with Gasteiger partial charge < -0.3 is 4.90 Å². The number of hydrogen-bond donors (Lipinski definition) is 1. The molecule has 0 spiro atoms. The molecule has 1 aromatic heterocycles. The molecule has 0 fully saturated rings. The van der Waals surface area contributed by atoms with Crippen LogP contribution in [0.25, 0.3) is 0 Å². The molecule has 23 heavy (non-hydrogen) atoms. The molecule has 0 radical (unpaired) electrons. The zero-order valence-electron chi connectivity index (χ0n) is 12.8. The lowest BCUT2D eigenvalue weighted by Crippen LogP contribution is -2.26. The Kier molecular flexibility index (Phi) is 4.90. The second-order valence-corrected chi connectivity index (χ2v) is 6.81. The van der Waals surface area contributed by atoms with E-state index in [9.17, 15) is 17.2 Å². The summed E-state index contributed by atoms with van der Waals surface area (Å²) in [5, 5.41) is 0. The average Bonchev–Trinajstić information content (AvgIpc) is 2.44. The van der Waals surface area contributed by atoms with Crippen LogP contribution in [0.15, 0.2) is 29.2 Å². The van der Waals surface area contributed by atoms with Gasteiger partial charge in [0, 0.05) is 31.9 Å². The number of anilines is 1. The van der Waals surface area contributed by atoms with Crippen LogP contribution in [0.5, 0.6) is 0 Å².